The summed E-state index contributed by atoms with van der Waals surface area (Å²) in [4.78, 5) is 24.1. The van der Waals surface area contributed by atoms with Crippen molar-refractivity contribution < 1.29 is 4.74 Å². The molecule has 0 saturated carbocycles. The Morgan fingerprint density at radius 2 is 1.70 bits per heavy atom. The quantitative estimate of drug-likeness (QED) is 0.452. The number of anilines is 3. The third-order valence-electron chi connectivity index (χ3n) is 5.89. The molecule has 7 nitrogen and oxygen atoms in total. The first-order valence-electron chi connectivity index (χ1n) is 11.4. The number of nitrogens with zero attached hydrogens (tertiary/aromatic N) is 4. The van der Waals surface area contributed by atoms with Crippen molar-refractivity contribution in [1.29, 1.82) is 0 Å². The van der Waals surface area contributed by atoms with Crippen molar-refractivity contribution in [3.05, 3.63) is 83.3 Å². The highest BCUT2D eigenvalue weighted by atomic mass is 16.5. The van der Waals surface area contributed by atoms with Crippen LogP contribution < -0.4 is 20.5 Å². The second-order valence-corrected chi connectivity index (χ2v) is 8.18. The lowest BCUT2D eigenvalue weighted by molar-refractivity contribution is 0.298. The van der Waals surface area contributed by atoms with Crippen LogP contribution in [0.5, 0.6) is 5.75 Å². The van der Waals surface area contributed by atoms with Crippen molar-refractivity contribution in [2.45, 2.75) is 25.8 Å². The van der Waals surface area contributed by atoms with Gasteiger partial charge in [-0.05, 0) is 61.7 Å². The number of para-hydroxylation sites is 1. The molecule has 1 aliphatic heterocycles. The number of pyridine rings is 1. The van der Waals surface area contributed by atoms with Crippen LogP contribution in [0.1, 0.15) is 19.3 Å². The molecule has 5 rings (SSSR count). The van der Waals surface area contributed by atoms with E-state index in [1.54, 1.807) is 22.9 Å². The van der Waals surface area contributed by atoms with Crippen molar-refractivity contribution in [3.63, 3.8) is 0 Å². The van der Waals surface area contributed by atoms with Gasteiger partial charge in [0.1, 0.15) is 18.0 Å². The number of hydrogen-bond acceptors (Lipinski definition) is 6. The van der Waals surface area contributed by atoms with Crippen LogP contribution in [0.25, 0.3) is 11.0 Å². The van der Waals surface area contributed by atoms with Gasteiger partial charge in [-0.3, -0.25) is 9.36 Å². The van der Waals surface area contributed by atoms with E-state index in [1.807, 2.05) is 42.5 Å². The Balaban J connectivity index is 1.32. The molecular formula is C26H27N5O2. The molecule has 7 heteroatoms. The molecule has 1 aliphatic rings. The second-order valence-electron chi connectivity index (χ2n) is 8.18. The third-order valence-corrected chi connectivity index (χ3v) is 5.89. The fraction of sp³-hybridized carbons (Fsp3) is 0.269. The standard InChI is InChI=1S/C26H27N5O2/c32-24-14-9-20-19-27-26(28-21-10-12-22(13-11-21)30-15-5-2-6-16-30)29-25(20)31(24)17-18-33-23-7-3-1-4-8-23/h1,3-4,7-14,19H,2,5-6,15-18H2,(H,27,28,29). The Hall–Kier alpha value is -3.87. The van der Waals surface area contributed by atoms with E-state index >= 15 is 0 Å². The van der Waals surface area contributed by atoms with Gasteiger partial charge in [-0.15, -0.1) is 0 Å². The summed E-state index contributed by atoms with van der Waals surface area (Å²) in [7, 11) is 0. The zero-order valence-corrected chi connectivity index (χ0v) is 18.5. The van der Waals surface area contributed by atoms with Gasteiger partial charge < -0.3 is 15.0 Å². The van der Waals surface area contributed by atoms with E-state index in [1.165, 1.54) is 24.9 Å². The maximum absolute atomic E-state index is 12.6. The summed E-state index contributed by atoms with van der Waals surface area (Å²) in [5, 5.41) is 4.07. The number of fused-ring (bicyclic) bond motifs is 1. The lowest BCUT2D eigenvalue weighted by Gasteiger charge is -2.28. The highest BCUT2D eigenvalue weighted by Crippen LogP contribution is 2.23. The summed E-state index contributed by atoms with van der Waals surface area (Å²) in [6.45, 7) is 3.00. The summed E-state index contributed by atoms with van der Waals surface area (Å²) in [5.74, 6) is 1.23. The van der Waals surface area contributed by atoms with Crippen LogP contribution in [0.4, 0.5) is 17.3 Å². The van der Waals surface area contributed by atoms with Crippen molar-refractivity contribution >= 4 is 28.4 Å². The molecule has 1 saturated heterocycles. The van der Waals surface area contributed by atoms with E-state index in [-0.39, 0.29) is 5.56 Å². The van der Waals surface area contributed by atoms with Gasteiger partial charge in [-0.1, -0.05) is 18.2 Å². The molecule has 0 spiro atoms. The average Bonchev–Trinajstić information content (AvgIpc) is 2.87. The van der Waals surface area contributed by atoms with Crippen molar-refractivity contribution in [1.82, 2.24) is 14.5 Å². The number of aromatic nitrogens is 3. The minimum absolute atomic E-state index is 0.116. The normalized spacial score (nSPS) is 13.8. The molecule has 4 aromatic rings. The van der Waals surface area contributed by atoms with E-state index in [4.69, 9.17) is 4.74 Å². The number of benzene rings is 2. The molecule has 0 unspecified atom stereocenters. The number of ether oxygens (including phenoxy) is 1. The molecule has 0 radical (unpaired) electrons. The number of nitrogens with one attached hydrogen (secondary N) is 1. The lowest BCUT2D eigenvalue weighted by atomic mass is 10.1. The van der Waals surface area contributed by atoms with E-state index in [9.17, 15) is 4.79 Å². The molecule has 0 aliphatic carbocycles. The fourth-order valence-electron chi connectivity index (χ4n) is 4.16. The summed E-state index contributed by atoms with van der Waals surface area (Å²) < 4.78 is 7.41. The van der Waals surface area contributed by atoms with Crippen molar-refractivity contribution in [3.8, 4) is 5.75 Å². The lowest BCUT2D eigenvalue weighted by Crippen LogP contribution is -2.29. The fourth-order valence-corrected chi connectivity index (χ4v) is 4.16. The second kappa shape index (κ2) is 9.73. The minimum Gasteiger partial charge on any atom is -0.492 e. The van der Waals surface area contributed by atoms with Crippen molar-refractivity contribution in [2.24, 2.45) is 0 Å². The molecular weight excluding hydrogens is 414 g/mol. The maximum atomic E-state index is 12.6. The molecule has 33 heavy (non-hydrogen) atoms. The molecule has 1 fully saturated rings. The molecule has 0 atom stereocenters. The van der Waals surface area contributed by atoms with E-state index < -0.39 is 0 Å². The van der Waals surface area contributed by atoms with Crippen LogP contribution in [0, 0.1) is 0 Å². The number of hydrogen-bond donors (Lipinski definition) is 1. The SMILES string of the molecule is O=c1ccc2cnc(Nc3ccc(N4CCCCC4)cc3)nc2n1CCOc1ccccc1. The number of piperidine rings is 1. The first-order chi connectivity index (χ1) is 16.3. The van der Waals surface area contributed by atoms with Gasteiger partial charge in [0.25, 0.3) is 5.56 Å². The van der Waals surface area contributed by atoms with E-state index in [2.05, 4.69) is 32.3 Å². The van der Waals surface area contributed by atoms with Crippen LogP contribution in [0.2, 0.25) is 0 Å². The van der Waals surface area contributed by atoms with Crippen LogP contribution in [0.3, 0.4) is 0 Å². The predicted octanol–water partition coefficient (Wildman–Crippen LogP) is 4.60. The molecule has 2 aromatic carbocycles. The van der Waals surface area contributed by atoms with Crippen LogP contribution in [-0.4, -0.2) is 34.2 Å². The predicted molar refractivity (Wildman–Crippen MR) is 132 cm³/mol. The Labute approximate surface area is 192 Å². The van der Waals surface area contributed by atoms with Gasteiger partial charge in [-0.25, -0.2) is 4.98 Å². The first kappa shape index (κ1) is 21.0. The third kappa shape index (κ3) is 4.98. The smallest absolute Gasteiger partial charge is 0.252 e. The van der Waals surface area contributed by atoms with Gasteiger partial charge in [-0.2, -0.15) is 4.98 Å². The van der Waals surface area contributed by atoms with Gasteiger partial charge in [0.15, 0.2) is 0 Å². The molecule has 0 bridgehead atoms. The van der Waals surface area contributed by atoms with E-state index in [0.717, 1.165) is 29.9 Å². The molecule has 0 amide bonds. The largest absolute Gasteiger partial charge is 0.492 e. The van der Waals surface area contributed by atoms with Crippen LogP contribution in [0.15, 0.2) is 77.7 Å². The summed E-state index contributed by atoms with van der Waals surface area (Å²) in [6.07, 6.45) is 5.56. The molecule has 3 heterocycles. The maximum Gasteiger partial charge on any atom is 0.252 e. The highest BCUT2D eigenvalue weighted by molar-refractivity contribution is 5.75. The van der Waals surface area contributed by atoms with Crippen LogP contribution >= 0.6 is 0 Å². The summed E-state index contributed by atoms with van der Waals surface area (Å²) in [6, 6.07) is 21.2. The zero-order valence-electron chi connectivity index (χ0n) is 18.5. The van der Waals surface area contributed by atoms with Gasteiger partial charge in [0.05, 0.1) is 6.54 Å². The van der Waals surface area contributed by atoms with Gasteiger partial charge >= 0.3 is 0 Å². The Morgan fingerprint density at radius 1 is 0.909 bits per heavy atom. The Kier molecular flexibility index (Phi) is 6.19. The molecule has 1 N–H and O–H groups in total. The van der Waals surface area contributed by atoms with Gasteiger partial charge in [0.2, 0.25) is 5.95 Å². The summed E-state index contributed by atoms with van der Waals surface area (Å²) in [5.41, 5.74) is 2.62. The zero-order chi connectivity index (χ0) is 22.5. The Morgan fingerprint density at radius 3 is 2.48 bits per heavy atom. The van der Waals surface area contributed by atoms with Crippen LogP contribution in [-0.2, 0) is 6.54 Å². The highest BCUT2D eigenvalue weighted by Gasteiger charge is 2.11. The van der Waals surface area contributed by atoms with E-state index in [0.29, 0.717) is 24.7 Å². The molecule has 168 valence electrons. The minimum atomic E-state index is -0.116. The number of rotatable bonds is 7. The average molecular weight is 442 g/mol. The summed E-state index contributed by atoms with van der Waals surface area (Å²) >= 11 is 0. The Bertz CT molecular complexity index is 1270. The monoisotopic (exact) mass is 441 g/mol. The van der Waals surface area contributed by atoms with Gasteiger partial charge in [0, 0.05) is 42.1 Å². The molecule has 2 aromatic heterocycles. The first-order valence-corrected chi connectivity index (χ1v) is 11.4. The van der Waals surface area contributed by atoms with Crippen molar-refractivity contribution in [2.75, 3.05) is 29.9 Å². The topological polar surface area (TPSA) is 72.3 Å².